The second-order valence-corrected chi connectivity index (χ2v) is 6.27. The Morgan fingerprint density at radius 3 is 2.59 bits per heavy atom. The highest BCUT2D eigenvalue weighted by Gasteiger charge is 2.22. The highest BCUT2D eigenvalue weighted by Crippen LogP contribution is 2.29. The fourth-order valence-corrected chi connectivity index (χ4v) is 2.94. The summed E-state index contributed by atoms with van der Waals surface area (Å²) >= 11 is 0. The first-order valence-electron chi connectivity index (χ1n) is 8.93. The smallest absolute Gasteiger partial charge is 0.226 e. The van der Waals surface area contributed by atoms with Gasteiger partial charge in [0, 0.05) is 19.5 Å². The van der Waals surface area contributed by atoms with E-state index in [1.165, 1.54) is 12.1 Å². The van der Waals surface area contributed by atoms with Crippen molar-refractivity contribution < 1.29 is 23.8 Å². The lowest BCUT2D eigenvalue weighted by molar-refractivity contribution is -0.116. The zero-order valence-corrected chi connectivity index (χ0v) is 15.2. The highest BCUT2D eigenvalue weighted by molar-refractivity contribution is 5.96. The number of hydrogen-bond donors (Lipinski definition) is 2. The number of aliphatic hydroxyl groups is 1. The summed E-state index contributed by atoms with van der Waals surface area (Å²) in [5.41, 5.74) is 1.10. The zero-order chi connectivity index (χ0) is 19.2. The average molecular weight is 374 g/mol. The summed E-state index contributed by atoms with van der Waals surface area (Å²) in [7, 11) is 0. The molecule has 2 N–H and O–H groups in total. The molecule has 0 fully saturated rings. The van der Waals surface area contributed by atoms with E-state index in [1.54, 1.807) is 18.2 Å². The molecule has 6 nitrogen and oxygen atoms in total. The predicted molar refractivity (Wildman–Crippen MR) is 101 cm³/mol. The minimum Gasteiger partial charge on any atom is -0.494 e. The van der Waals surface area contributed by atoms with Crippen LogP contribution in [0.2, 0.25) is 0 Å². The standard InChI is InChI=1S/C20H23FN2O4/c1-2-26-16-4-6-17(7-5-16)27-13-15(24)12-23-10-9-20(25)22-18-11-14(21)3-8-19(18)23/h3-8,11,15,24H,2,9-10,12-13H2,1H3,(H,22,25). The first kappa shape index (κ1) is 19.0. The third-order valence-electron chi connectivity index (χ3n) is 4.19. The average Bonchev–Trinajstić information content (AvgIpc) is 2.79. The molecular weight excluding hydrogens is 351 g/mol. The van der Waals surface area contributed by atoms with Crippen molar-refractivity contribution in [2.75, 3.05) is 36.5 Å². The van der Waals surface area contributed by atoms with Crippen LogP contribution in [0, 0.1) is 5.82 Å². The van der Waals surface area contributed by atoms with Gasteiger partial charge in [0.15, 0.2) is 0 Å². The molecule has 0 spiro atoms. The lowest BCUT2D eigenvalue weighted by atomic mass is 10.2. The zero-order valence-electron chi connectivity index (χ0n) is 15.2. The Morgan fingerprint density at radius 1 is 1.19 bits per heavy atom. The van der Waals surface area contributed by atoms with Crippen LogP contribution in [0.5, 0.6) is 11.5 Å². The molecule has 1 amide bonds. The van der Waals surface area contributed by atoms with E-state index >= 15 is 0 Å². The molecule has 0 bridgehead atoms. The number of β-amino-alcohol motifs (C(OH)–C–C–N with tert-alkyl or cyclic N) is 1. The summed E-state index contributed by atoms with van der Waals surface area (Å²) in [6.45, 7) is 3.31. The minimum absolute atomic E-state index is 0.0996. The van der Waals surface area contributed by atoms with E-state index in [0.29, 0.717) is 30.3 Å². The van der Waals surface area contributed by atoms with Crippen LogP contribution in [0.1, 0.15) is 13.3 Å². The maximum Gasteiger partial charge on any atom is 0.226 e. The van der Waals surface area contributed by atoms with Crippen LogP contribution in [0.4, 0.5) is 15.8 Å². The van der Waals surface area contributed by atoms with Crippen LogP contribution in [0.15, 0.2) is 42.5 Å². The second kappa shape index (κ2) is 8.73. The van der Waals surface area contributed by atoms with Crippen LogP contribution < -0.4 is 19.7 Å². The SMILES string of the molecule is CCOc1ccc(OCC(O)CN2CCC(=O)Nc3cc(F)ccc32)cc1. The first-order valence-corrected chi connectivity index (χ1v) is 8.93. The molecule has 1 aliphatic rings. The van der Waals surface area contributed by atoms with Crippen molar-refractivity contribution in [3.05, 3.63) is 48.3 Å². The van der Waals surface area contributed by atoms with Gasteiger partial charge in [-0.2, -0.15) is 0 Å². The van der Waals surface area contributed by atoms with E-state index in [0.717, 1.165) is 5.75 Å². The van der Waals surface area contributed by atoms with Crippen LogP contribution in [0.25, 0.3) is 0 Å². The van der Waals surface area contributed by atoms with Crippen molar-refractivity contribution in [1.82, 2.24) is 0 Å². The molecule has 2 aromatic rings. The van der Waals surface area contributed by atoms with Crippen molar-refractivity contribution >= 4 is 17.3 Å². The van der Waals surface area contributed by atoms with Crippen molar-refractivity contribution in [1.29, 1.82) is 0 Å². The number of benzene rings is 2. The number of carbonyl (C=O) groups excluding carboxylic acids is 1. The number of carbonyl (C=O) groups is 1. The third kappa shape index (κ3) is 5.10. The fraction of sp³-hybridized carbons (Fsp3) is 0.350. The molecular formula is C20H23FN2O4. The Hall–Kier alpha value is -2.80. The molecule has 0 aliphatic carbocycles. The molecule has 2 aromatic carbocycles. The molecule has 0 aromatic heterocycles. The fourth-order valence-electron chi connectivity index (χ4n) is 2.94. The van der Waals surface area contributed by atoms with Gasteiger partial charge in [-0.15, -0.1) is 0 Å². The van der Waals surface area contributed by atoms with Gasteiger partial charge in [0.05, 0.1) is 18.0 Å². The van der Waals surface area contributed by atoms with Crippen molar-refractivity contribution in [3.63, 3.8) is 0 Å². The van der Waals surface area contributed by atoms with Gasteiger partial charge in [-0.25, -0.2) is 4.39 Å². The third-order valence-corrected chi connectivity index (χ3v) is 4.19. The monoisotopic (exact) mass is 374 g/mol. The van der Waals surface area contributed by atoms with Crippen LogP contribution in [0.3, 0.4) is 0 Å². The van der Waals surface area contributed by atoms with Gasteiger partial charge in [0.1, 0.15) is 30.0 Å². The quantitative estimate of drug-likeness (QED) is 0.780. The number of aliphatic hydroxyl groups excluding tert-OH is 1. The number of fused-ring (bicyclic) bond motifs is 1. The number of amides is 1. The summed E-state index contributed by atoms with van der Waals surface area (Å²) in [6, 6.07) is 11.4. The molecule has 0 saturated carbocycles. The topological polar surface area (TPSA) is 71.0 Å². The van der Waals surface area contributed by atoms with E-state index < -0.39 is 11.9 Å². The summed E-state index contributed by atoms with van der Waals surface area (Å²) in [6.07, 6.45) is -0.509. The van der Waals surface area contributed by atoms with Gasteiger partial charge < -0.3 is 24.8 Å². The molecule has 0 radical (unpaired) electrons. The minimum atomic E-state index is -0.775. The van der Waals surface area contributed by atoms with E-state index in [-0.39, 0.29) is 25.5 Å². The van der Waals surface area contributed by atoms with E-state index in [4.69, 9.17) is 9.47 Å². The lowest BCUT2D eigenvalue weighted by Crippen LogP contribution is -2.36. The van der Waals surface area contributed by atoms with Gasteiger partial charge in [-0.3, -0.25) is 4.79 Å². The largest absolute Gasteiger partial charge is 0.494 e. The number of rotatable bonds is 7. The number of anilines is 2. The van der Waals surface area contributed by atoms with Crippen LogP contribution >= 0.6 is 0 Å². The van der Waals surface area contributed by atoms with Crippen molar-refractivity contribution in [2.24, 2.45) is 0 Å². The van der Waals surface area contributed by atoms with Gasteiger partial charge >= 0.3 is 0 Å². The number of ether oxygens (including phenoxy) is 2. The highest BCUT2D eigenvalue weighted by atomic mass is 19.1. The Kier molecular flexibility index (Phi) is 6.13. The number of nitrogens with zero attached hydrogens (tertiary/aromatic N) is 1. The van der Waals surface area contributed by atoms with Crippen LogP contribution in [-0.2, 0) is 4.79 Å². The van der Waals surface area contributed by atoms with E-state index in [2.05, 4.69) is 5.32 Å². The molecule has 1 unspecified atom stereocenters. The Morgan fingerprint density at radius 2 is 1.89 bits per heavy atom. The van der Waals surface area contributed by atoms with Gasteiger partial charge in [-0.1, -0.05) is 0 Å². The molecule has 1 aliphatic heterocycles. The summed E-state index contributed by atoms with van der Waals surface area (Å²) < 4.78 is 24.5. The van der Waals surface area contributed by atoms with Crippen LogP contribution in [-0.4, -0.2) is 43.4 Å². The lowest BCUT2D eigenvalue weighted by Gasteiger charge is -2.26. The molecule has 1 atom stereocenters. The van der Waals surface area contributed by atoms with E-state index in [9.17, 15) is 14.3 Å². The van der Waals surface area contributed by atoms with Gasteiger partial charge in [0.25, 0.3) is 0 Å². The van der Waals surface area contributed by atoms with E-state index in [1.807, 2.05) is 24.0 Å². The Balaban J connectivity index is 1.60. The van der Waals surface area contributed by atoms with Crippen molar-refractivity contribution in [2.45, 2.75) is 19.4 Å². The van der Waals surface area contributed by atoms with Gasteiger partial charge in [0.2, 0.25) is 5.91 Å². The molecule has 27 heavy (non-hydrogen) atoms. The maximum absolute atomic E-state index is 13.5. The summed E-state index contributed by atoms with van der Waals surface area (Å²) in [5.74, 6) is 0.795. The second-order valence-electron chi connectivity index (χ2n) is 6.27. The summed E-state index contributed by atoms with van der Waals surface area (Å²) in [4.78, 5) is 13.7. The number of halogens is 1. The Labute approximate surface area is 157 Å². The Bertz CT molecular complexity index is 782. The molecule has 1 heterocycles. The molecule has 0 saturated heterocycles. The molecule has 7 heteroatoms. The molecule has 144 valence electrons. The first-order chi connectivity index (χ1) is 13.0. The van der Waals surface area contributed by atoms with Crippen molar-refractivity contribution in [3.8, 4) is 11.5 Å². The number of nitrogens with one attached hydrogen (secondary N) is 1. The van der Waals surface area contributed by atoms with Gasteiger partial charge in [-0.05, 0) is 49.4 Å². The molecule has 3 rings (SSSR count). The normalized spacial score (nSPS) is 14.8. The summed E-state index contributed by atoms with van der Waals surface area (Å²) in [5, 5.41) is 13.1. The maximum atomic E-state index is 13.5. The number of hydrogen-bond acceptors (Lipinski definition) is 5. The predicted octanol–water partition coefficient (Wildman–Crippen LogP) is 2.81.